The number of carbonyl (C=O) groups is 1. The molecule has 1 N–H and O–H groups in total. The largest absolute Gasteiger partial charge is 0.449 e. The van der Waals surface area contributed by atoms with E-state index in [4.69, 9.17) is 4.74 Å². The highest BCUT2D eigenvalue weighted by Crippen LogP contribution is 2.29. The molecule has 2 aromatic carbocycles. The number of amides is 1. The van der Waals surface area contributed by atoms with Gasteiger partial charge in [-0.3, -0.25) is 5.32 Å². The summed E-state index contributed by atoms with van der Waals surface area (Å²) in [5.41, 5.74) is 1.32. The Kier molecular flexibility index (Phi) is 5.28. The molecule has 6 heteroatoms. The molecule has 132 valence electrons. The topological polar surface area (TPSA) is 41.6 Å². The number of hydrogen-bond donors (Lipinski definition) is 1. The number of likely N-dealkylation sites (tertiary alicyclic amines) is 1. The minimum absolute atomic E-state index is 0.336. The number of nitrogens with zero attached hydrogens (tertiary/aromatic N) is 1. The zero-order chi connectivity index (χ0) is 17.8. The maximum absolute atomic E-state index is 13.5. The van der Waals surface area contributed by atoms with Crippen LogP contribution < -0.4 is 5.32 Å². The minimum atomic E-state index is -0.669. The summed E-state index contributed by atoms with van der Waals surface area (Å²) in [5, 5.41) is 2.66. The molecular weight excluding hydrogens is 326 g/mol. The van der Waals surface area contributed by atoms with E-state index in [2.05, 4.69) is 10.2 Å². The predicted molar refractivity (Wildman–Crippen MR) is 92.4 cm³/mol. The van der Waals surface area contributed by atoms with Gasteiger partial charge < -0.3 is 9.64 Å². The van der Waals surface area contributed by atoms with Gasteiger partial charge in [0.25, 0.3) is 0 Å². The van der Waals surface area contributed by atoms with Crippen molar-refractivity contribution in [2.24, 2.45) is 5.92 Å². The van der Waals surface area contributed by atoms with E-state index in [9.17, 15) is 13.6 Å². The Labute approximate surface area is 145 Å². The summed E-state index contributed by atoms with van der Waals surface area (Å²) in [7, 11) is 2.04. The van der Waals surface area contributed by atoms with Gasteiger partial charge in [-0.1, -0.05) is 18.2 Å². The van der Waals surface area contributed by atoms with Gasteiger partial charge in [0, 0.05) is 24.1 Å². The molecule has 0 bridgehead atoms. The van der Waals surface area contributed by atoms with Crippen LogP contribution in [0.2, 0.25) is 0 Å². The average Bonchev–Trinajstić information content (AvgIpc) is 2.98. The molecule has 1 fully saturated rings. The Balaban J connectivity index is 1.69. The summed E-state index contributed by atoms with van der Waals surface area (Å²) in [6.07, 6.45) is 0.432. The van der Waals surface area contributed by atoms with Crippen LogP contribution in [-0.2, 0) is 4.74 Å². The Bertz CT molecular complexity index is 747. The Morgan fingerprint density at radius 3 is 2.64 bits per heavy atom. The number of ether oxygens (including phenoxy) is 1. The van der Waals surface area contributed by atoms with E-state index in [-0.39, 0.29) is 0 Å². The van der Waals surface area contributed by atoms with Crippen LogP contribution in [0.3, 0.4) is 0 Å². The third-order valence-electron chi connectivity index (χ3n) is 4.28. The van der Waals surface area contributed by atoms with Crippen molar-refractivity contribution in [1.29, 1.82) is 0 Å². The van der Waals surface area contributed by atoms with Crippen molar-refractivity contribution in [2.75, 3.05) is 32.1 Å². The number of halogens is 2. The minimum Gasteiger partial charge on any atom is -0.449 e. The summed E-state index contributed by atoms with van der Waals surface area (Å²) in [6.45, 7) is 2.27. The van der Waals surface area contributed by atoms with Crippen LogP contribution in [0.25, 0.3) is 11.1 Å². The highest BCUT2D eigenvalue weighted by molar-refractivity contribution is 5.91. The second kappa shape index (κ2) is 7.61. The molecule has 0 saturated carbocycles. The van der Waals surface area contributed by atoms with Gasteiger partial charge in [-0.05, 0) is 43.8 Å². The number of rotatable bonds is 4. The van der Waals surface area contributed by atoms with Gasteiger partial charge >= 0.3 is 6.09 Å². The molecule has 1 amide bonds. The summed E-state index contributed by atoms with van der Waals surface area (Å²) < 4.78 is 32.2. The maximum Gasteiger partial charge on any atom is 0.411 e. The molecule has 1 aliphatic rings. The van der Waals surface area contributed by atoms with Crippen molar-refractivity contribution in [3.8, 4) is 11.1 Å². The van der Waals surface area contributed by atoms with Crippen LogP contribution in [0.1, 0.15) is 6.42 Å². The lowest BCUT2D eigenvalue weighted by atomic mass is 10.0. The summed E-state index contributed by atoms with van der Waals surface area (Å²) >= 11 is 0. The highest BCUT2D eigenvalue weighted by atomic mass is 19.1. The Morgan fingerprint density at radius 2 is 1.96 bits per heavy atom. The van der Waals surface area contributed by atoms with Gasteiger partial charge in [0.05, 0.1) is 12.3 Å². The van der Waals surface area contributed by atoms with Crippen LogP contribution in [0.5, 0.6) is 0 Å². The second-order valence-corrected chi connectivity index (χ2v) is 6.34. The van der Waals surface area contributed by atoms with Gasteiger partial charge in [-0.25, -0.2) is 13.6 Å². The molecule has 0 unspecified atom stereocenters. The van der Waals surface area contributed by atoms with Gasteiger partial charge in [0.1, 0.15) is 11.6 Å². The van der Waals surface area contributed by atoms with Crippen molar-refractivity contribution in [2.45, 2.75) is 6.42 Å². The highest BCUT2D eigenvalue weighted by Gasteiger charge is 2.21. The molecule has 4 nitrogen and oxygen atoms in total. The van der Waals surface area contributed by atoms with Crippen molar-refractivity contribution in [3.05, 3.63) is 54.1 Å². The van der Waals surface area contributed by atoms with E-state index >= 15 is 0 Å². The lowest BCUT2D eigenvalue weighted by Crippen LogP contribution is -2.21. The average molecular weight is 346 g/mol. The number of para-hydroxylation sites is 1. The first-order valence-corrected chi connectivity index (χ1v) is 8.19. The van der Waals surface area contributed by atoms with Crippen molar-refractivity contribution < 1.29 is 18.3 Å². The lowest BCUT2D eigenvalue weighted by Gasteiger charge is -2.14. The van der Waals surface area contributed by atoms with Crippen LogP contribution >= 0.6 is 0 Å². The van der Waals surface area contributed by atoms with E-state index in [1.165, 1.54) is 12.1 Å². The Morgan fingerprint density at radius 1 is 1.24 bits per heavy atom. The number of carbonyl (C=O) groups excluding carboxylic acids is 1. The van der Waals surface area contributed by atoms with Gasteiger partial charge in [0.2, 0.25) is 0 Å². The van der Waals surface area contributed by atoms with E-state index in [0.29, 0.717) is 29.3 Å². The van der Waals surface area contributed by atoms with Gasteiger partial charge in [0.15, 0.2) is 0 Å². The zero-order valence-corrected chi connectivity index (χ0v) is 14.0. The molecule has 2 aromatic rings. The standard InChI is InChI=1S/C19H20F2N2O2/c1-23-7-6-13(11-23)12-25-19(24)22-18-5-3-2-4-17(18)14-8-15(20)10-16(21)9-14/h2-5,8-10,13H,6-7,11-12H2,1H3,(H,22,24)/t13-/m1/s1. The first kappa shape index (κ1) is 17.4. The van der Waals surface area contributed by atoms with Crippen LogP contribution in [0, 0.1) is 17.6 Å². The number of benzene rings is 2. The number of anilines is 1. The maximum atomic E-state index is 13.5. The molecular formula is C19H20F2N2O2. The number of hydrogen-bond acceptors (Lipinski definition) is 3. The lowest BCUT2D eigenvalue weighted by molar-refractivity contribution is 0.142. The zero-order valence-electron chi connectivity index (χ0n) is 14.0. The third-order valence-corrected chi connectivity index (χ3v) is 4.28. The van der Waals surface area contributed by atoms with E-state index in [1.54, 1.807) is 24.3 Å². The summed E-state index contributed by atoms with van der Waals surface area (Å²) in [6, 6.07) is 10.1. The molecule has 1 aliphatic heterocycles. The molecule has 0 spiro atoms. The molecule has 1 atom stereocenters. The fourth-order valence-electron chi connectivity index (χ4n) is 3.06. The second-order valence-electron chi connectivity index (χ2n) is 6.34. The first-order chi connectivity index (χ1) is 12.0. The van der Waals surface area contributed by atoms with Crippen molar-refractivity contribution >= 4 is 11.8 Å². The fraction of sp³-hybridized carbons (Fsp3) is 0.316. The van der Waals surface area contributed by atoms with Crippen LogP contribution in [0.4, 0.5) is 19.3 Å². The molecule has 25 heavy (non-hydrogen) atoms. The Hall–Kier alpha value is -2.47. The van der Waals surface area contributed by atoms with Crippen molar-refractivity contribution in [3.63, 3.8) is 0 Å². The van der Waals surface area contributed by atoms with Crippen molar-refractivity contribution in [1.82, 2.24) is 4.90 Å². The van der Waals surface area contributed by atoms with E-state index < -0.39 is 17.7 Å². The predicted octanol–water partition coefficient (Wildman–Crippen LogP) is 4.13. The van der Waals surface area contributed by atoms with Crippen LogP contribution in [0.15, 0.2) is 42.5 Å². The fourth-order valence-corrected chi connectivity index (χ4v) is 3.06. The summed E-state index contributed by atoms with van der Waals surface area (Å²) in [5.74, 6) is -1.00. The monoisotopic (exact) mass is 346 g/mol. The SMILES string of the molecule is CN1CC[C@@H](COC(=O)Nc2ccccc2-c2cc(F)cc(F)c2)C1. The summed E-state index contributed by atoms with van der Waals surface area (Å²) in [4.78, 5) is 14.3. The van der Waals surface area contributed by atoms with E-state index in [0.717, 1.165) is 25.6 Å². The van der Waals surface area contributed by atoms with Gasteiger partial charge in [-0.15, -0.1) is 0 Å². The molecule has 1 saturated heterocycles. The number of nitrogens with one attached hydrogen (secondary N) is 1. The smallest absolute Gasteiger partial charge is 0.411 e. The molecule has 3 rings (SSSR count). The van der Waals surface area contributed by atoms with Gasteiger partial charge in [-0.2, -0.15) is 0 Å². The normalized spacial score (nSPS) is 17.5. The molecule has 0 radical (unpaired) electrons. The third kappa shape index (κ3) is 4.54. The van der Waals surface area contributed by atoms with Crippen LogP contribution in [-0.4, -0.2) is 37.7 Å². The van der Waals surface area contributed by atoms with E-state index in [1.807, 2.05) is 7.05 Å². The molecule has 0 aromatic heterocycles. The molecule has 1 heterocycles. The molecule has 0 aliphatic carbocycles. The first-order valence-electron chi connectivity index (χ1n) is 8.19. The quantitative estimate of drug-likeness (QED) is 0.905.